The number of anilines is 1. The van der Waals surface area contributed by atoms with Gasteiger partial charge in [0.15, 0.2) is 10.9 Å². The van der Waals surface area contributed by atoms with E-state index >= 15 is 0 Å². The van der Waals surface area contributed by atoms with Crippen molar-refractivity contribution in [2.45, 2.75) is 0 Å². The third-order valence-electron chi connectivity index (χ3n) is 3.38. The molecule has 1 heterocycles. The fourth-order valence-electron chi connectivity index (χ4n) is 2.16. The molecule has 26 heavy (non-hydrogen) atoms. The normalized spacial score (nSPS) is 10.2. The minimum Gasteiger partial charge on any atom is -0.451 e. The van der Waals surface area contributed by atoms with Crippen LogP contribution in [-0.2, 0) is 0 Å². The number of thiocarbonyl (C=S) groups is 1. The summed E-state index contributed by atoms with van der Waals surface area (Å²) in [5, 5.41) is 3.18. The van der Waals surface area contributed by atoms with Crippen LogP contribution in [0.4, 0.5) is 10.1 Å². The maximum Gasteiger partial charge on any atom is 0.305 e. The van der Waals surface area contributed by atoms with E-state index in [1.807, 2.05) is 6.07 Å². The van der Waals surface area contributed by atoms with Crippen molar-refractivity contribution < 1.29 is 13.6 Å². The van der Waals surface area contributed by atoms with E-state index in [9.17, 15) is 9.18 Å². The van der Waals surface area contributed by atoms with E-state index in [-0.39, 0.29) is 16.6 Å². The molecule has 1 aromatic heterocycles. The molecule has 2 aromatic carbocycles. The van der Waals surface area contributed by atoms with Crippen LogP contribution in [0.5, 0.6) is 0 Å². The smallest absolute Gasteiger partial charge is 0.305 e. The van der Waals surface area contributed by atoms with E-state index in [0.29, 0.717) is 16.3 Å². The Morgan fingerprint density at radius 3 is 2.50 bits per heavy atom. The lowest BCUT2D eigenvalue weighted by Gasteiger charge is -2.11. The lowest BCUT2D eigenvalue weighted by molar-refractivity contribution is 0.0917. The predicted octanol–water partition coefficient (Wildman–Crippen LogP) is 4.37. The Bertz CT molecular complexity index is 961. The molecule has 0 radical (unpaired) electrons. The Morgan fingerprint density at radius 1 is 1.00 bits per heavy atom. The van der Waals surface area contributed by atoms with Gasteiger partial charge in [0.2, 0.25) is 0 Å². The zero-order chi connectivity index (χ0) is 18.5. The number of hydrogen-bond acceptors (Lipinski definition) is 3. The number of benzene rings is 2. The Hall–Kier alpha value is -2.90. The van der Waals surface area contributed by atoms with E-state index in [1.54, 1.807) is 36.4 Å². The Balaban J connectivity index is 1.60. The number of para-hydroxylation sites is 1. The first kappa shape index (κ1) is 17.9. The number of carbonyl (C=O) groups excluding carboxylic acids is 1. The topological polar surface area (TPSA) is 66.3 Å². The maximum atomic E-state index is 13.5. The molecule has 0 fully saturated rings. The Morgan fingerprint density at radius 2 is 1.73 bits per heavy atom. The van der Waals surface area contributed by atoms with Crippen LogP contribution in [0.25, 0.3) is 11.3 Å². The van der Waals surface area contributed by atoms with Gasteiger partial charge in [-0.2, -0.15) is 0 Å². The molecule has 3 rings (SSSR count). The highest BCUT2D eigenvalue weighted by molar-refractivity contribution is 7.80. The molecular weight excluding hydrogens is 377 g/mol. The van der Waals surface area contributed by atoms with Crippen molar-refractivity contribution in [2.75, 3.05) is 5.32 Å². The minimum atomic E-state index is -0.541. The van der Waals surface area contributed by atoms with Crippen LogP contribution >= 0.6 is 23.8 Å². The molecule has 132 valence electrons. The SMILES string of the molecule is O=C(NNC(=S)Nc1ccccc1F)c1ccc(-c2ccccc2Cl)o1. The third-order valence-corrected chi connectivity index (χ3v) is 3.91. The summed E-state index contributed by atoms with van der Waals surface area (Å²) >= 11 is 11.1. The highest BCUT2D eigenvalue weighted by atomic mass is 35.5. The van der Waals surface area contributed by atoms with Gasteiger partial charge in [0, 0.05) is 5.56 Å². The molecule has 0 atom stereocenters. The van der Waals surface area contributed by atoms with Crippen LogP contribution < -0.4 is 16.2 Å². The van der Waals surface area contributed by atoms with Gasteiger partial charge in [0.05, 0.1) is 10.7 Å². The molecule has 1 amide bonds. The largest absolute Gasteiger partial charge is 0.451 e. The Kier molecular flexibility index (Phi) is 5.50. The molecule has 5 nitrogen and oxygen atoms in total. The molecule has 0 aliphatic heterocycles. The number of carbonyl (C=O) groups is 1. The second kappa shape index (κ2) is 7.99. The van der Waals surface area contributed by atoms with Gasteiger partial charge in [-0.05, 0) is 48.6 Å². The molecule has 0 unspecified atom stereocenters. The van der Waals surface area contributed by atoms with E-state index in [4.69, 9.17) is 28.2 Å². The molecule has 0 saturated carbocycles. The molecule has 3 aromatic rings. The van der Waals surface area contributed by atoms with Crippen LogP contribution in [-0.4, -0.2) is 11.0 Å². The van der Waals surface area contributed by atoms with E-state index < -0.39 is 11.7 Å². The molecule has 3 N–H and O–H groups in total. The summed E-state index contributed by atoms with van der Waals surface area (Å²) in [6.07, 6.45) is 0. The molecule has 0 saturated heterocycles. The van der Waals surface area contributed by atoms with E-state index in [1.165, 1.54) is 18.2 Å². The maximum absolute atomic E-state index is 13.5. The first-order valence-corrected chi connectivity index (χ1v) is 8.30. The van der Waals surface area contributed by atoms with Crippen LogP contribution in [0.15, 0.2) is 65.1 Å². The molecule has 0 spiro atoms. The van der Waals surface area contributed by atoms with Gasteiger partial charge < -0.3 is 9.73 Å². The number of furan rings is 1. The number of hydrazine groups is 1. The molecule has 0 aliphatic rings. The van der Waals surface area contributed by atoms with E-state index in [0.717, 1.165) is 0 Å². The quantitative estimate of drug-likeness (QED) is 0.458. The summed E-state index contributed by atoms with van der Waals surface area (Å²) < 4.78 is 19.1. The number of hydrogen-bond donors (Lipinski definition) is 3. The summed E-state index contributed by atoms with van der Waals surface area (Å²) in [6, 6.07) is 16.3. The number of halogens is 2. The second-order valence-corrected chi connectivity index (χ2v) is 5.97. The zero-order valence-corrected chi connectivity index (χ0v) is 14.8. The van der Waals surface area contributed by atoms with Crippen molar-refractivity contribution in [3.8, 4) is 11.3 Å². The van der Waals surface area contributed by atoms with Crippen molar-refractivity contribution in [3.63, 3.8) is 0 Å². The first-order valence-electron chi connectivity index (χ1n) is 7.51. The lowest BCUT2D eigenvalue weighted by atomic mass is 10.2. The number of nitrogens with one attached hydrogen (secondary N) is 3. The molecule has 0 aliphatic carbocycles. The fraction of sp³-hybridized carbons (Fsp3) is 0. The second-order valence-electron chi connectivity index (χ2n) is 5.16. The van der Waals surface area contributed by atoms with Crippen molar-refractivity contribution in [1.82, 2.24) is 10.9 Å². The van der Waals surface area contributed by atoms with Crippen LogP contribution in [0.3, 0.4) is 0 Å². The Labute approximate surface area is 159 Å². The third kappa shape index (κ3) is 4.19. The van der Waals surface area contributed by atoms with Gasteiger partial charge >= 0.3 is 5.91 Å². The molecular formula is C18H13ClFN3O2S. The van der Waals surface area contributed by atoms with E-state index in [2.05, 4.69) is 16.2 Å². The summed E-state index contributed by atoms with van der Waals surface area (Å²) in [6.45, 7) is 0. The minimum absolute atomic E-state index is 0.0290. The number of amides is 1. The van der Waals surface area contributed by atoms with Crippen LogP contribution in [0.1, 0.15) is 10.6 Å². The van der Waals surface area contributed by atoms with Crippen molar-refractivity contribution in [3.05, 3.63) is 77.3 Å². The summed E-state index contributed by atoms with van der Waals surface area (Å²) in [4.78, 5) is 12.1. The predicted molar refractivity (Wildman–Crippen MR) is 102 cm³/mol. The monoisotopic (exact) mass is 389 g/mol. The summed E-state index contributed by atoms with van der Waals surface area (Å²) in [5.74, 6) is -0.465. The van der Waals surface area contributed by atoms with Gasteiger partial charge in [-0.1, -0.05) is 35.9 Å². The van der Waals surface area contributed by atoms with Crippen LogP contribution in [0, 0.1) is 5.82 Å². The fourth-order valence-corrected chi connectivity index (χ4v) is 2.55. The highest BCUT2D eigenvalue weighted by Crippen LogP contribution is 2.28. The van der Waals surface area contributed by atoms with Gasteiger partial charge in [0.25, 0.3) is 0 Å². The van der Waals surface area contributed by atoms with Gasteiger partial charge in [-0.15, -0.1) is 0 Å². The standard InChI is InChI=1S/C18H13ClFN3O2S/c19-12-6-2-1-5-11(12)15-9-10-16(25-15)17(24)22-23-18(26)21-14-8-4-3-7-13(14)20/h1-10H,(H,22,24)(H2,21,23,26). The first-order chi connectivity index (χ1) is 12.5. The number of rotatable bonds is 3. The average Bonchev–Trinajstić information content (AvgIpc) is 3.12. The molecule has 0 bridgehead atoms. The molecule has 8 heteroatoms. The highest BCUT2D eigenvalue weighted by Gasteiger charge is 2.14. The van der Waals surface area contributed by atoms with Crippen molar-refractivity contribution in [2.24, 2.45) is 0 Å². The average molecular weight is 390 g/mol. The lowest BCUT2D eigenvalue weighted by Crippen LogP contribution is -2.43. The van der Waals surface area contributed by atoms with Crippen molar-refractivity contribution in [1.29, 1.82) is 0 Å². The summed E-state index contributed by atoms with van der Waals surface area (Å²) in [7, 11) is 0. The van der Waals surface area contributed by atoms with Gasteiger partial charge in [-0.25, -0.2) is 4.39 Å². The van der Waals surface area contributed by atoms with Crippen molar-refractivity contribution >= 4 is 40.5 Å². The van der Waals surface area contributed by atoms with Gasteiger partial charge in [-0.3, -0.25) is 15.6 Å². The summed E-state index contributed by atoms with van der Waals surface area (Å²) in [5.41, 5.74) is 5.73. The van der Waals surface area contributed by atoms with Crippen LogP contribution in [0.2, 0.25) is 5.02 Å². The zero-order valence-electron chi connectivity index (χ0n) is 13.3. The van der Waals surface area contributed by atoms with Gasteiger partial charge in [0.1, 0.15) is 11.6 Å².